The Morgan fingerprint density at radius 1 is 0.944 bits per heavy atom. The Morgan fingerprint density at radius 3 is 1.50 bits per heavy atom. The van der Waals surface area contributed by atoms with Crippen molar-refractivity contribution in [1.29, 1.82) is 0 Å². The molecule has 0 saturated carbocycles. The Kier molecular flexibility index (Phi) is 10.3. The number of carboxylic acids is 2. The summed E-state index contributed by atoms with van der Waals surface area (Å²) in [4.78, 5) is 20.1. The molecule has 7 nitrogen and oxygen atoms in total. The molecule has 0 atom stereocenters. The van der Waals surface area contributed by atoms with Crippen LogP contribution in [0, 0.1) is 0 Å². The maximum Gasteiger partial charge on any atom is 1.00 e. The molecule has 10 heteroatoms. The van der Waals surface area contributed by atoms with Crippen molar-refractivity contribution in [2.24, 2.45) is 0 Å². The van der Waals surface area contributed by atoms with Crippen molar-refractivity contribution >= 4 is 22.1 Å². The molecular formula is C8H4K2O7S. The summed E-state index contributed by atoms with van der Waals surface area (Å²) >= 11 is 0. The van der Waals surface area contributed by atoms with Crippen LogP contribution in [0.3, 0.4) is 0 Å². The van der Waals surface area contributed by atoms with E-state index in [2.05, 4.69) is 0 Å². The van der Waals surface area contributed by atoms with Crippen LogP contribution in [0.25, 0.3) is 0 Å². The molecule has 0 aliphatic carbocycles. The molecule has 0 aliphatic heterocycles. The quantitative estimate of drug-likeness (QED) is 0.431. The molecule has 0 radical (unpaired) electrons. The van der Waals surface area contributed by atoms with Crippen LogP contribution in [0.5, 0.6) is 0 Å². The Bertz CT molecular complexity index is 535. The fourth-order valence-electron chi connectivity index (χ4n) is 0.984. The summed E-state index contributed by atoms with van der Waals surface area (Å²) in [6.07, 6.45) is 0. The van der Waals surface area contributed by atoms with Crippen molar-refractivity contribution in [3.63, 3.8) is 0 Å². The topological polar surface area (TPSA) is 135 Å². The number of benzene rings is 1. The minimum Gasteiger partial charge on any atom is -0.545 e. The average Bonchev–Trinajstić information content (AvgIpc) is 2.15. The van der Waals surface area contributed by atoms with E-state index in [1.807, 2.05) is 0 Å². The molecule has 1 aromatic carbocycles. The first-order chi connectivity index (χ1) is 7.21. The second kappa shape index (κ2) is 8.59. The molecule has 0 amide bonds. The van der Waals surface area contributed by atoms with Gasteiger partial charge in [-0.3, -0.25) is 4.55 Å². The first kappa shape index (κ1) is 21.6. The smallest absolute Gasteiger partial charge is 0.545 e. The number of carbonyl (C=O) groups is 2. The van der Waals surface area contributed by atoms with E-state index in [9.17, 15) is 28.2 Å². The number of hydrogen-bond acceptors (Lipinski definition) is 6. The van der Waals surface area contributed by atoms with Gasteiger partial charge in [0.2, 0.25) is 0 Å². The molecule has 0 saturated heterocycles. The van der Waals surface area contributed by atoms with Crippen LogP contribution in [0.4, 0.5) is 0 Å². The predicted octanol–water partition coefficient (Wildman–Crippen LogP) is -8.33. The number of carboxylic acid groups (broad SMARTS) is 2. The van der Waals surface area contributed by atoms with Gasteiger partial charge in [0.15, 0.2) is 0 Å². The molecule has 0 aromatic heterocycles. The summed E-state index contributed by atoms with van der Waals surface area (Å²) in [5.41, 5.74) is -1.37. The van der Waals surface area contributed by atoms with Gasteiger partial charge >= 0.3 is 103 Å². The fourth-order valence-corrected chi connectivity index (χ4v) is 1.54. The molecule has 1 N–H and O–H groups in total. The molecular weight excluding hydrogens is 318 g/mol. The van der Waals surface area contributed by atoms with Crippen LogP contribution in [0.2, 0.25) is 0 Å². The Balaban J connectivity index is 0. The van der Waals surface area contributed by atoms with E-state index in [1.165, 1.54) is 0 Å². The van der Waals surface area contributed by atoms with E-state index in [0.29, 0.717) is 18.2 Å². The second-order valence-electron chi connectivity index (χ2n) is 2.80. The van der Waals surface area contributed by atoms with Gasteiger partial charge in [0.1, 0.15) is 0 Å². The molecule has 86 valence electrons. The first-order valence-electron chi connectivity index (χ1n) is 3.77. The summed E-state index contributed by atoms with van der Waals surface area (Å²) in [6, 6.07) is 1.83. The molecule has 0 aliphatic rings. The van der Waals surface area contributed by atoms with Crippen molar-refractivity contribution in [1.82, 2.24) is 0 Å². The Labute approximate surface area is 188 Å². The zero-order valence-electron chi connectivity index (χ0n) is 9.54. The summed E-state index contributed by atoms with van der Waals surface area (Å²) in [5, 5.41) is 20.9. The minimum atomic E-state index is -4.70. The summed E-state index contributed by atoms with van der Waals surface area (Å²) < 4.78 is 30.1. The predicted molar refractivity (Wildman–Crippen MR) is 44.9 cm³/mol. The van der Waals surface area contributed by atoms with Gasteiger partial charge in [0.25, 0.3) is 10.1 Å². The normalized spacial score (nSPS) is 9.83. The Morgan fingerprint density at radius 2 is 1.28 bits per heavy atom. The van der Waals surface area contributed by atoms with E-state index in [4.69, 9.17) is 4.55 Å². The standard InChI is InChI=1S/C8H6O7S.2K/c9-7(10)4-1-5(8(11)12)3-6(2-4)16(13,14)15;;/h1-3H,(H,9,10)(H,11,12)(H,13,14,15);;/q;2*+1/p-2. The number of carbonyl (C=O) groups excluding carboxylic acids is 2. The zero-order valence-corrected chi connectivity index (χ0v) is 16.6. The zero-order chi connectivity index (χ0) is 12.5. The molecule has 1 rings (SSSR count). The third-order valence-electron chi connectivity index (χ3n) is 1.68. The van der Waals surface area contributed by atoms with E-state index in [-0.39, 0.29) is 103 Å². The van der Waals surface area contributed by atoms with Crippen molar-refractivity contribution in [2.75, 3.05) is 0 Å². The first-order valence-corrected chi connectivity index (χ1v) is 5.21. The van der Waals surface area contributed by atoms with Gasteiger partial charge in [-0.15, -0.1) is 0 Å². The largest absolute Gasteiger partial charge is 1.00 e. The van der Waals surface area contributed by atoms with Crippen molar-refractivity contribution in [3.05, 3.63) is 29.3 Å². The van der Waals surface area contributed by atoms with Crippen LogP contribution < -0.4 is 113 Å². The molecule has 0 fully saturated rings. The SMILES string of the molecule is O=C([O-])c1cc(C(=O)[O-])cc(S(=O)(=O)O)c1.[K+].[K+]. The van der Waals surface area contributed by atoms with Gasteiger partial charge in [0.05, 0.1) is 16.8 Å². The second-order valence-corrected chi connectivity index (χ2v) is 4.22. The van der Waals surface area contributed by atoms with Crippen molar-refractivity contribution in [3.8, 4) is 0 Å². The van der Waals surface area contributed by atoms with Gasteiger partial charge in [-0.2, -0.15) is 8.42 Å². The molecule has 1 aromatic rings. The fraction of sp³-hybridized carbons (Fsp3) is 0. The van der Waals surface area contributed by atoms with Gasteiger partial charge in [0, 0.05) is 0 Å². The maximum absolute atomic E-state index is 10.7. The maximum atomic E-state index is 10.7. The van der Waals surface area contributed by atoms with Crippen LogP contribution in [-0.4, -0.2) is 24.9 Å². The Hall–Kier alpha value is 1.34. The van der Waals surface area contributed by atoms with Crippen LogP contribution in [-0.2, 0) is 10.1 Å². The van der Waals surface area contributed by atoms with Crippen LogP contribution >= 0.6 is 0 Å². The van der Waals surface area contributed by atoms with Crippen LogP contribution in [0.1, 0.15) is 20.7 Å². The number of rotatable bonds is 3. The van der Waals surface area contributed by atoms with Crippen LogP contribution in [0.15, 0.2) is 23.1 Å². The van der Waals surface area contributed by atoms with E-state index < -0.39 is 38.1 Å². The molecule has 0 heterocycles. The van der Waals surface area contributed by atoms with E-state index in [0.717, 1.165) is 0 Å². The summed E-state index contributed by atoms with van der Waals surface area (Å²) in [5.74, 6) is -3.54. The molecule has 0 spiro atoms. The monoisotopic (exact) mass is 322 g/mol. The van der Waals surface area contributed by atoms with E-state index >= 15 is 0 Å². The minimum absolute atomic E-state index is 0. The van der Waals surface area contributed by atoms with E-state index in [1.54, 1.807) is 0 Å². The van der Waals surface area contributed by atoms with Gasteiger partial charge < -0.3 is 19.8 Å². The van der Waals surface area contributed by atoms with Gasteiger partial charge in [-0.1, -0.05) is 0 Å². The van der Waals surface area contributed by atoms with Crippen molar-refractivity contribution < 1.29 is 136 Å². The molecule has 18 heavy (non-hydrogen) atoms. The molecule has 0 unspecified atom stereocenters. The van der Waals surface area contributed by atoms with Gasteiger partial charge in [-0.05, 0) is 29.3 Å². The number of aromatic carboxylic acids is 2. The number of hydrogen-bond donors (Lipinski definition) is 1. The van der Waals surface area contributed by atoms with Gasteiger partial charge in [-0.25, -0.2) is 0 Å². The average molecular weight is 322 g/mol. The summed E-state index contributed by atoms with van der Waals surface area (Å²) in [7, 11) is -4.70. The van der Waals surface area contributed by atoms with Crippen molar-refractivity contribution in [2.45, 2.75) is 4.90 Å². The molecule has 0 bridgehead atoms. The summed E-state index contributed by atoms with van der Waals surface area (Å²) in [6.45, 7) is 0. The third kappa shape index (κ3) is 6.20. The third-order valence-corrected chi connectivity index (χ3v) is 2.51.